The molecule has 1 atom stereocenters. The summed E-state index contributed by atoms with van der Waals surface area (Å²) >= 11 is 2.15. The summed E-state index contributed by atoms with van der Waals surface area (Å²) in [6.07, 6.45) is 4.06. The lowest BCUT2D eigenvalue weighted by atomic mass is 9.92. The van der Waals surface area contributed by atoms with Crippen LogP contribution in [0, 0.1) is 12.8 Å². The highest BCUT2D eigenvalue weighted by Gasteiger charge is 2.49. The molecule has 0 N–H and O–H groups in total. The molecular weight excluding hydrogens is 318 g/mol. The minimum Gasteiger partial charge on any atom is -0.381 e. The molecule has 3 saturated heterocycles. The molecule has 24 heavy (non-hydrogen) atoms. The van der Waals surface area contributed by atoms with Crippen LogP contribution in [0.1, 0.15) is 30.4 Å². The van der Waals surface area contributed by atoms with Crippen LogP contribution in [0.5, 0.6) is 0 Å². The SMILES string of the molecule is Cc1ccc(CN2CC3(CC(OCC4CCOCC4)CS3)C2)cc1. The van der Waals surface area contributed by atoms with Gasteiger partial charge in [0.25, 0.3) is 0 Å². The minimum atomic E-state index is 0.472. The first-order valence-electron chi connectivity index (χ1n) is 9.32. The van der Waals surface area contributed by atoms with Crippen molar-refractivity contribution in [2.75, 3.05) is 38.7 Å². The van der Waals surface area contributed by atoms with Gasteiger partial charge in [0.05, 0.1) is 6.10 Å². The Balaban J connectivity index is 1.19. The zero-order valence-corrected chi connectivity index (χ0v) is 15.5. The molecule has 4 heteroatoms. The first-order valence-corrected chi connectivity index (χ1v) is 10.3. The Labute approximate surface area is 150 Å². The number of aryl methyl sites for hydroxylation is 1. The number of ether oxygens (including phenoxy) is 2. The minimum absolute atomic E-state index is 0.472. The highest BCUT2D eigenvalue weighted by Crippen LogP contribution is 2.46. The third-order valence-corrected chi connectivity index (χ3v) is 7.21. The van der Waals surface area contributed by atoms with E-state index in [-0.39, 0.29) is 0 Å². The van der Waals surface area contributed by atoms with E-state index in [9.17, 15) is 0 Å². The molecule has 0 aromatic heterocycles. The molecule has 0 radical (unpaired) electrons. The monoisotopic (exact) mass is 347 g/mol. The maximum absolute atomic E-state index is 6.25. The highest BCUT2D eigenvalue weighted by molar-refractivity contribution is 8.01. The van der Waals surface area contributed by atoms with Crippen LogP contribution < -0.4 is 0 Å². The predicted molar refractivity (Wildman–Crippen MR) is 99.5 cm³/mol. The Kier molecular flexibility index (Phi) is 5.18. The van der Waals surface area contributed by atoms with Gasteiger partial charge in [0.1, 0.15) is 0 Å². The summed E-state index contributed by atoms with van der Waals surface area (Å²) in [5.74, 6) is 1.90. The van der Waals surface area contributed by atoms with Crippen LogP contribution in [-0.2, 0) is 16.0 Å². The van der Waals surface area contributed by atoms with Crippen molar-refractivity contribution in [3.8, 4) is 0 Å². The van der Waals surface area contributed by atoms with Gasteiger partial charge in [-0.15, -0.1) is 11.8 Å². The zero-order valence-electron chi connectivity index (χ0n) is 14.7. The molecule has 1 spiro atoms. The predicted octanol–water partition coefficient (Wildman–Crippen LogP) is 3.50. The van der Waals surface area contributed by atoms with Gasteiger partial charge in [-0.2, -0.15) is 0 Å². The van der Waals surface area contributed by atoms with Crippen molar-refractivity contribution in [3.05, 3.63) is 35.4 Å². The molecule has 3 aliphatic heterocycles. The molecule has 0 amide bonds. The van der Waals surface area contributed by atoms with Gasteiger partial charge in [0.2, 0.25) is 0 Å². The normalized spacial score (nSPS) is 27.5. The zero-order chi connectivity index (χ0) is 16.4. The quantitative estimate of drug-likeness (QED) is 0.813. The first-order chi connectivity index (χ1) is 11.7. The molecule has 3 fully saturated rings. The summed E-state index contributed by atoms with van der Waals surface area (Å²) in [6, 6.07) is 8.97. The Morgan fingerprint density at radius 1 is 1.21 bits per heavy atom. The molecule has 1 unspecified atom stereocenters. The number of likely N-dealkylation sites (tertiary alicyclic amines) is 1. The van der Waals surface area contributed by atoms with Crippen molar-refractivity contribution < 1.29 is 9.47 Å². The second-order valence-electron chi connectivity index (χ2n) is 7.84. The van der Waals surface area contributed by atoms with E-state index in [0.29, 0.717) is 10.9 Å². The van der Waals surface area contributed by atoms with Crippen molar-refractivity contribution in [2.24, 2.45) is 5.92 Å². The summed E-state index contributed by atoms with van der Waals surface area (Å²) in [4.78, 5) is 2.58. The van der Waals surface area contributed by atoms with E-state index in [2.05, 4.69) is 47.9 Å². The number of rotatable bonds is 5. The second-order valence-corrected chi connectivity index (χ2v) is 9.33. The van der Waals surface area contributed by atoms with E-state index in [4.69, 9.17) is 9.47 Å². The van der Waals surface area contributed by atoms with E-state index in [1.54, 1.807) is 0 Å². The van der Waals surface area contributed by atoms with E-state index in [1.165, 1.54) is 49.2 Å². The van der Waals surface area contributed by atoms with Gasteiger partial charge in [-0.05, 0) is 37.7 Å². The van der Waals surface area contributed by atoms with Crippen LogP contribution >= 0.6 is 11.8 Å². The summed E-state index contributed by atoms with van der Waals surface area (Å²) in [5, 5.41) is 0. The molecule has 3 aliphatic rings. The number of nitrogens with zero attached hydrogens (tertiary/aromatic N) is 1. The van der Waals surface area contributed by atoms with Crippen molar-refractivity contribution in [1.82, 2.24) is 4.90 Å². The molecule has 132 valence electrons. The van der Waals surface area contributed by atoms with Gasteiger partial charge in [-0.1, -0.05) is 29.8 Å². The average molecular weight is 348 g/mol. The lowest BCUT2D eigenvalue weighted by molar-refractivity contribution is -0.0133. The third kappa shape index (κ3) is 3.98. The van der Waals surface area contributed by atoms with Crippen LogP contribution in [0.2, 0.25) is 0 Å². The summed E-state index contributed by atoms with van der Waals surface area (Å²) in [7, 11) is 0. The van der Waals surface area contributed by atoms with Crippen molar-refractivity contribution in [3.63, 3.8) is 0 Å². The van der Waals surface area contributed by atoms with E-state index < -0.39 is 0 Å². The summed E-state index contributed by atoms with van der Waals surface area (Å²) in [6.45, 7) is 8.48. The van der Waals surface area contributed by atoms with E-state index in [0.717, 1.165) is 32.3 Å². The Morgan fingerprint density at radius 3 is 2.71 bits per heavy atom. The Bertz CT molecular complexity index is 535. The molecule has 0 aliphatic carbocycles. The van der Waals surface area contributed by atoms with Gasteiger partial charge in [-0.3, -0.25) is 4.90 Å². The Morgan fingerprint density at radius 2 is 1.96 bits per heavy atom. The van der Waals surface area contributed by atoms with Gasteiger partial charge in [-0.25, -0.2) is 0 Å². The lowest BCUT2D eigenvalue weighted by Gasteiger charge is -2.47. The molecule has 4 rings (SSSR count). The molecule has 1 aromatic carbocycles. The van der Waals surface area contributed by atoms with Crippen LogP contribution in [0.4, 0.5) is 0 Å². The van der Waals surface area contributed by atoms with E-state index >= 15 is 0 Å². The van der Waals surface area contributed by atoms with Crippen molar-refractivity contribution >= 4 is 11.8 Å². The van der Waals surface area contributed by atoms with Crippen LogP contribution in [0.25, 0.3) is 0 Å². The molecule has 0 bridgehead atoms. The van der Waals surface area contributed by atoms with Gasteiger partial charge in [0.15, 0.2) is 0 Å². The molecule has 3 nitrogen and oxygen atoms in total. The first kappa shape index (κ1) is 16.9. The highest BCUT2D eigenvalue weighted by atomic mass is 32.2. The van der Waals surface area contributed by atoms with Crippen molar-refractivity contribution in [1.29, 1.82) is 0 Å². The maximum atomic E-state index is 6.25. The van der Waals surface area contributed by atoms with Crippen LogP contribution in [-0.4, -0.2) is 54.4 Å². The van der Waals surface area contributed by atoms with Crippen LogP contribution in [0.3, 0.4) is 0 Å². The largest absolute Gasteiger partial charge is 0.381 e. The third-order valence-electron chi connectivity index (χ3n) is 5.63. The standard InChI is InChI=1S/C20H29NO2S/c1-16-2-4-17(5-3-16)11-21-14-20(15-21)10-19(13-24-20)23-12-18-6-8-22-9-7-18/h2-5,18-19H,6-15H2,1H3. The molecule has 1 aromatic rings. The smallest absolute Gasteiger partial charge is 0.0680 e. The molecular formula is C20H29NO2S. The van der Waals surface area contributed by atoms with E-state index in [1.807, 2.05) is 0 Å². The Hall–Kier alpha value is -0.550. The summed E-state index contributed by atoms with van der Waals surface area (Å²) in [5.41, 5.74) is 2.78. The lowest BCUT2D eigenvalue weighted by Crippen LogP contribution is -2.58. The summed E-state index contributed by atoms with van der Waals surface area (Å²) < 4.78 is 12.2. The maximum Gasteiger partial charge on any atom is 0.0680 e. The number of hydrogen-bond acceptors (Lipinski definition) is 4. The molecule has 3 heterocycles. The number of benzene rings is 1. The van der Waals surface area contributed by atoms with Crippen LogP contribution in [0.15, 0.2) is 24.3 Å². The second kappa shape index (κ2) is 7.36. The number of thioether (sulfide) groups is 1. The topological polar surface area (TPSA) is 21.7 Å². The van der Waals surface area contributed by atoms with Gasteiger partial charge >= 0.3 is 0 Å². The average Bonchev–Trinajstić information content (AvgIpc) is 3.00. The fourth-order valence-corrected chi connectivity index (χ4v) is 5.75. The molecule has 0 saturated carbocycles. The number of hydrogen-bond donors (Lipinski definition) is 0. The van der Waals surface area contributed by atoms with Gasteiger partial charge < -0.3 is 9.47 Å². The van der Waals surface area contributed by atoms with Gasteiger partial charge in [0, 0.05) is 50.0 Å². The fourth-order valence-electron chi connectivity index (χ4n) is 4.15. The van der Waals surface area contributed by atoms with Crippen molar-refractivity contribution in [2.45, 2.75) is 43.6 Å². The fraction of sp³-hybridized carbons (Fsp3) is 0.700.